The van der Waals surface area contributed by atoms with Crippen LogP contribution in [0.5, 0.6) is 5.88 Å². The zero-order valence-corrected chi connectivity index (χ0v) is 19.6. The molecule has 2 aromatic heterocycles. The molecule has 6 rings (SSSR count). The first-order valence-corrected chi connectivity index (χ1v) is 11.9. The lowest BCUT2D eigenvalue weighted by Crippen LogP contribution is -2.65. The molecular weight excluding hydrogens is 474 g/mol. The van der Waals surface area contributed by atoms with Crippen LogP contribution in [0.3, 0.4) is 0 Å². The minimum absolute atomic E-state index is 0.0504. The molecule has 2 bridgehead atoms. The van der Waals surface area contributed by atoms with Crippen LogP contribution in [0.15, 0.2) is 60.9 Å². The lowest BCUT2D eigenvalue weighted by atomic mass is 9.72. The summed E-state index contributed by atoms with van der Waals surface area (Å²) in [6.07, 6.45) is -0.728. The van der Waals surface area contributed by atoms with Crippen LogP contribution in [-0.4, -0.2) is 45.6 Å². The summed E-state index contributed by atoms with van der Waals surface area (Å²) in [5, 5.41) is 0. The zero-order valence-electron chi connectivity index (χ0n) is 19.6. The summed E-state index contributed by atoms with van der Waals surface area (Å²) in [6, 6.07) is 12.0. The van der Waals surface area contributed by atoms with Crippen molar-refractivity contribution >= 4 is 5.91 Å². The standard InChI is InChI=1S/C27H25F4N3O2/c1-16-5-4-6-19(25(16)20-7-2-3-12-32-20)26(35)34-21-10-8-17(22(34)14-28)13-23(21)36-24-11-9-18(15-33-24)27(29,30)31/h2-7,9,11-12,15,17,21-23H,8,10,13-14H2,1H3/t17-,21+,22-,23-/m1/s1. The van der Waals surface area contributed by atoms with Crippen molar-refractivity contribution in [1.29, 1.82) is 0 Å². The van der Waals surface area contributed by atoms with Gasteiger partial charge in [0.1, 0.15) is 12.8 Å². The number of alkyl halides is 4. The Morgan fingerprint density at radius 2 is 1.92 bits per heavy atom. The van der Waals surface area contributed by atoms with E-state index >= 15 is 0 Å². The van der Waals surface area contributed by atoms with Crippen molar-refractivity contribution < 1.29 is 27.1 Å². The predicted octanol–water partition coefficient (Wildman–Crippen LogP) is 5.88. The van der Waals surface area contributed by atoms with Crippen molar-refractivity contribution in [2.75, 3.05) is 6.67 Å². The van der Waals surface area contributed by atoms with Crippen LogP contribution in [0.1, 0.15) is 40.7 Å². The van der Waals surface area contributed by atoms with E-state index in [9.17, 15) is 22.4 Å². The quantitative estimate of drug-likeness (QED) is 0.412. The van der Waals surface area contributed by atoms with Gasteiger partial charge in [0.05, 0.1) is 23.3 Å². The Labute approximate surface area is 206 Å². The van der Waals surface area contributed by atoms with E-state index < -0.39 is 36.6 Å². The van der Waals surface area contributed by atoms with E-state index in [0.717, 1.165) is 24.2 Å². The molecule has 1 aliphatic carbocycles. The normalized spacial score (nSPS) is 23.5. The molecule has 3 aromatic rings. The molecule has 2 saturated heterocycles. The van der Waals surface area contributed by atoms with E-state index in [1.165, 1.54) is 6.07 Å². The third-order valence-electron chi connectivity index (χ3n) is 7.21. The Hall–Kier alpha value is -3.49. The van der Waals surface area contributed by atoms with Gasteiger partial charge in [0, 0.05) is 29.6 Å². The summed E-state index contributed by atoms with van der Waals surface area (Å²) in [6.45, 7) is 1.22. The highest BCUT2D eigenvalue weighted by Gasteiger charge is 2.50. The van der Waals surface area contributed by atoms with Crippen LogP contribution in [0.25, 0.3) is 11.3 Å². The SMILES string of the molecule is Cc1cccc(C(=O)N2[C@H](CF)[C@@H]3CC[C@H]2[C@H](Oc2ccc(C(F)(F)F)cn2)C3)c1-c1ccccn1. The number of fused-ring (bicyclic) bond motifs is 3. The molecule has 0 radical (unpaired) electrons. The van der Waals surface area contributed by atoms with E-state index in [4.69, 9.17) is 4.74 Å². The molecule has 4 atom stereocenters. The van der Waals surface area contributed by atoms with Gasteiger partial charge in [-0.05, 0) is 61.9 Å². The molecule has 0 unspecified atom stereocenters. The van der Waals surface area contributed by atoms with Gasteiger partial charge in [-0.1, -0.05) is 18.2 Å². The highest BCUT2D eigenvalue weighted by Crippen LogP contribution is 2.43. The van der Waals surface area contributed by atoms with E-state index in [-0.39, 0.29) is 17.7 Å². The number of carbonyl (C=O) groups excluding carboxylic acids is 1. The van der Waals surface area contributed by atoms with Gasteiger partial charge in [-0.25, -0.2) is 9.37 Å². The first kappa shape index (κ1) is 24.2. The van der Waals surface area contributed by atoms with Crippen molar-refractivity contribution in [2.45, 2.75) is 50.6 Å². The average Bonchev–Trinajstić information content (AvgIpc) is 2.88. The fourth-order valence-corrected chi connectivity index (χ4v) is 5.52. The zero-order chi connectivity index (χ0) is 25.4. The Kier molecular flexibility index (Phi) is 6.40. The number of nitrogens with zero attached hydrogens (tertiary/aromatic N) is 3. The second-order valence-corrected chi connectivity index (χ2v) is 9.33. The van der Waals surface area contributed by atoms with Gasteiger partial charge in [0.15, 0.2) is 0 Å². The van der Waals surface area contributed by atoms with E-state index in [1.807, 2.05) is 25.1 Å². The first-order valence-electron chi connectivity index (χ1n) is 11.9. The number of aromatic nitrogens is 2. The van der Waals surface area contributed by atoms with Crippen LogP contribution in [0, 0.1) is 12.8 Å². The number of aryl methyl sites for hydroxylation is 1. The number of hydrogen-bond acceptors (Lipinski definition) is 4. The van der Waals surface area contributed by atoms with Gasteiger partial charge in [-0.2, -0.15) is 13.2 Å². The molecule has 9 heteroatoms. The van der Waals surface area contributed by atoms with Crippen molar-refractivity contribution in [2.24, 2.45) is 5.92 Å². The van der Waals surface area contributed by atoms with Gasteiger partial charge in [-0.3, -0.25) is 9.78 Å². The van der Waals surface area contributed by atoms with E-state index in [0.29, 0.717) is 29.7 Å². The summed E-state index contributed by atoms with van der Waals surface area (Å²) in [7, 11) is 0. The molecule has 3 fully saturated rings. The Balaban J connectivity index is 1.46. The number of piperidine rings is 2. The number of benzene rings is 1. The number of ether oxygens (including phenoxy) is 1. The Morgan fingerprint density at radius 1 is 1.08 bits per heavy atom. The third kappa shape index (κ3) is 4.42. The summed E-state index contributed by atoms with van der Waals surface area (Å²) in [5.41, 5.74) is 1.80. The van der Waals surface area contributed by atoms with Crippen LogP contribution in [0.4, 0.5) is 17.6 Å². The Morgan fingerprint density at radius 3 is 2.58 bits per heavy atom. The molecule has 0 N–H and O–H groups in total. The molecule has 1 amide bonds. The maximum Gasteiger partial charge on any atom is 0.417 e. The first-order chi connectivity index (χ1) is 17.3. The van der Waals surface area contributed by atoms with Gasteiger partial charge < -0.3 is 9.64 Å². The van der Waals surface area contributed by atoms with Gasteiger partial charge in [0.25, 0.3) is 5.91 Å². The predicted molar refractivity (Wildman–Crippen MR) is 125 cm³/mol. The summed E-state index contributed by atoms with van der Waals surface area (Å²) < 4.78 is 59.0. The maximum atomic E-state index is 14.3. The van der Waals surface area contributed by atoms with Crippen LogP contribution < -0.4 is 4.74 Å². The largest absolute Gasteiger partial charge is 0.472 e. The van der Waals surface area contributed by atoms with Crippen LogP contribution in [-0.2, 0) is 6.18 Å². The minimum atomic E-state index is -4.49. The van der Waals surface area contributed by atoms with Gasteiger partial charge in [-0.15, -0.1) is 0 Å². The molecule has 1 aromatic carbocycles. The fraction of sp³-hybridized carbons (Fsp3) is 0.370. The topological polar surface area (TPSA) is 55.3 Å². The molecule has 5 nitrogen and oxygen atoms in total. The molecule has 4 heterocycles. The summed E-state index contributed by atoms with van der Waals surface area (Å²) in [5.74, 6) is -0.369. The van der Waals surface area contributed by atoms with Gasteiger partial charge >= 0.3 is 6.18 Å². The number of halogens is 4. The number of hydrogen-bond donors (Lipinski definition) is 0. The molecular formula is C27H25F4N3O2. The lowest BCUT2D eigenvalue weighted by Gasteiger charge is -2.53. The van der Waals surface area contributed by atoms with Crippen molar-refractivity contribution in [1.82, 2.24) is 14.9 Å². The van der Waals surface area contributed by atoms with E-state index in [1.54, 1.807) is 29.3 Å². The molecule has 188 valence electrons. The summed E-state index contributed by atoms with van der Waals surface area (Å²) >= 11 is 0. The average molecular weight is 500 g/mol. The van der Waals surface area contributed by atoms with Crippen molar-refractivity contribution in [3.8, 4) is 17.1 Å². The highest BCUT2D eigenvalue weighted by molar-refractivity contribution is 6.01. The highest BCUT2D eigenvalue weighted by atomic mass is 19.4. The molecule has 36 heavy (non-hydrogen) atoms. The molecule has 2 aliphatic heterocycles. The number of amides is 1. The fourth-order valence-electron chi connectivity index (χ4n) is 5.52. The minimum Gasteiger partial charge on any atom is -0.472 e. The second kappa shape index (κ2) is 9.52. The third-order valence-corrected chi connectivity index (χ3v) is 7.21. The molecule has 3 aliphatic rings. The van der Waals surface area contributed by atoms with E-state index in [2.05, 4.69) is 9.97 Å². The Bertz CT molecular complexity index is 1230. The van der Waals surface area contributed by atoms with Crippen molar-refractivity contribution in [3.63, 3.8) is 0 Å². The number of carbonyl (C=O) groups is 1. The smallest absolute Gasteiger partial charge is 0.417 e. The maximum absolute atomic E-state index is 14.3. The lowest BCUT2D eigenvalue weighted by molar-refractivity contribution is -0.137. The van der Waals surface area contributed by atoms with Crippen molar-refractivity contribution in [3.05, 3.63) is 77.6 Å². The van der Waals surface area contributed by atoms with Gasteiger partial charge in [0.2, 0.25) is 5.88 Å². The monoisotopic (exact) mass is 499 g/mol. The molecule has 1 saturated carbocycles. The second-order valence-electron chi connectivity index (χ2n) is 9.33. The van der Waals surface area contributed by atoms with Crippen LogP contribution >= 0.6 is 0 Å². The summed E-state index contributed by atoms with van der Waals surface area (Å²) in [4.78, 5) is 23.8. The molecule has 0 spiro atoms. The number of rotatable bonds is 5. The number of pyridine rings is 2. The van der Waals surface area contributed by atoms with Crippen LogP contribution in [0.2, 0.25) is 0 Å².